The number of hydrogen-bond donors (Lipinski definition) is 1. The Labute approximate surface area is 109 Å². The molecule has 0 spiro atoms. The first-order chi connectivity index (χ1) is 8.83. The molecular formula is C16H19NO. The summed E-state index contributed by atoms with van der Waals surface area (Å²) in [7, 11) is 1.69. The summed E-state index contributed by atoms with van der Waals surface area (Å²) in [4.78, 5) is 0. The molecule has 2 aromatic rings. The van der Waals surface area contributed by atoms with Crippen LogP contribution in [0, 0.1) is 0 Å². The van der Waals surface area contributed by atoms with Crippen molar-refractivity contribution in [2.24, 2.45) is 0 Å². The molecule has 0 aliphatic rings. The number of anilines is 1. The Morgan fingerprint density at radius 1 is 1.00 bits per heavy atom. The lowest BCUT2D eigenvalue weighted by molar-refractivity contribution is 0.415. The Bertz CT molecular complexity index is 508. The number of benzene rings is 2. The van der Waals surface area contributed by atoms with E-state index < -0.39 is 0 Å². The van der Waals surface area contributed by atoms with Crippen molar-refractivity contribution in [3.8, 4) is 16.9 Å². The molecule has 1 N–H and O–H groups in total. The second kappa shape index (κ2) is 6.10. The van der Waals surface area contributed by atoms with E-state index in [2.05, 4.69) is 48.6 Å². The number of ether oxygens (including phenoxy) is 1. The molecule has 0 saturated heterocycles. The molecule has 2 rings (SSSR count). The topological polar surface area (TPSA) is 21.3 Å². The highest BCUT2D eigenvalue weighted by Crippen LogP contribution is 2.25. The first-order valence-electron chi connectivity index (χ1n) is 6.32. The van der Waals surface area contributed by atoms with Gasteiger partial charge in [-0.2, -0.15) is 0 Å². The molecule has 18 heavy (non-hydrogen) atoms. The molecule has 2 heteroatoms. The minimum atomic E-state index is 0.888. The fraction of sp³-hybridized carbons (Fsp3) is 0.250. The molecule has 0 aromatic heterocycles. The molecule has 0 radical (unpaired) electrons. The first-order valence-corrected chi connectivity index (χ1v) is 6.32. The minimum Gasteiger partial charge on any atom is -0.497 e. The van der Waals surface area contributed by atoms with Gasteiger partial charge in [-0.3, -0.25) is 0 Å². The Morgan fingerprint density at radius 2 is 1.72 bits per heavy atom. The van der Waals surface area contributed by atoms with Crippen LogP contribution in [-0.2, 0) is 0 Å². The van der Waals surface area contributed by atoms with Crippen molar-refractivity contribution >= 4 is 5.69 Å². The van der Waals surface area contributed by atoms with Crippen LogP contribution in [-0.4, -0.2) is 13.7 Å². The minimum absolute atomic E-state index is 0.888. The zero-order valence-corrected chi connectivity index (χ0v) is 10.9. The standard InChI is InChI=1S/C16H19NO/c1-3-10-17-15-8-4-6-13(11-15)14-7-5-9-16(12-14)18-2/h4-9,11-12,17H,3,10H2,1-2H3. The highest BCUT2D eigenvalue weighted by atomic mass is 16.5. The average Bonchev–Trinajstić information content (AvgIpc) is 2.45. The normalized spacial score (nSPS) is 10.1. The van der Waals surface area contributed by atoms with Crippen molar-refractivity contribution in [2.75, 3.05) is 19.0 Å². The second-order valence-corrected chi connectivity index (χ2v) is 4.24. The van der Waals surface area contributed by atoms with E-state index in [-0.39, 0.29) is 0 Å². The Kier molecular flexibility index (Phi) is 4.24. The van der Waals surface area contributed by atoms with E-state index >= 15 is 0 Å². The molecule has 0 aliphatic carbocycles. The van der Waals surface area contributed by atoms with Crippen molar-refractivity contribution in [3.63, 3.8) is 0 Å². The van der Waals surface area contributed by atoms with E-state index in [1.54, 1.807) is 7.11 Å². The largest absolute Gasteiger partial charge is 0.497 e. The molecule has 0 amide bonds. The van der Waals surface area contributed by atoms with Crippen LogP contribution in [0.2, 0.25) is 0 Å². The number of rotatable bonds is 5. The van der Waals surface area contributed by atoms with Crippen LogP contribution in [0.1, 0.15) is 13.3 Å². The predicted molar refractivity (Wildman–Crippen MR) is 77.2 cm³/mol. The summed E-state index contributed by atoms with van der Waals surface area (Å²) in [5.74, 6) is 0.888. The van der Waals surface area contributed by atoms with Crippen LogP contribution >= 0.6 is 0 Å². The van der Waals surface area contributed by atoms with Gasteiger partial charge in [0.15, 0.2) is 0 Å². The van der Waals surface area contributed by atoms with Crippen molar-refractivity contribution in [1.82, 2.24) is 0 Å². The van der Waals surface area contributed by atoms with Crippen molar-refractivity contribution in [1.29, 1.82) is 0 Å². The average molecular weight is 241 g/mol. The third-order valence-electron chi connectivity index (χ3n) is 2.84. The van der Waals surface area contributed by atoms with Crippen LogP contribution < -0.4 is 10.1 Å². The maximum absolute atomic E-state index is 5.26. The summed E-state index contributed by atoms with van der Waals surface area (Å²) in [6.45, 7) is 3.17. The van der Waals surface area contributed by atoms with Gasteiger partial charge >= 0.3 is 0 Å². The number of methoxy groups -OCH3 is 1. The summed E-state index contributed by atoms with van der Waals surface area (Å²) in [6, 6.07) is 16.6. The fourth-order valence-electron chi connectivity index (χ4n) is 1.88. The van der Waals surface area contributed by atoms with Gasteiger partial charge in [0.05, 0.1) is 7.11 Å². The van der Waals surface area contributed by atoms with Gasteiger partial charge < -0.3 is 10.1 Å². The van der Waals surface area contributed by atoms with Crippen LogP contribution in [0.25, 0.3) is 11.1 Å². The highest BCUT2D eigenvalue weighted by molar-refractivity contribution is 5.69. The van der Waals surface area contributed by atoms with Gasteiger partial charge in [-0.05, 0) is 41.8 Å². The third-order valence-corrected chi connectivity index (χ3v) is 2.84. The summed E-state index contributed by atoms with van der Waals surface area (Å²) >= 11 is 0. The molecular weight excluding hydrogens is 222 g/mol. The predicted octanol–water partition coefficient (Wildman–Crippen LogP) is 4.18. The van der Waals surface area contributed by atoms with Gasteiger partial charge in [0.1, 0.15) is 5.75 Å². The maximum atomic E-state index is 5.26. The molecule has 2 nitrogen and oxygen atoms in total. The van der Waals surface area contributed by atoms with Crippen molar-refractivity contribution < 1.29 is 4.74 Å². The fourth-order valence-corrected chi connectivity index (χ4v) is 1.88. The molecule has 0 fully saturated rings. The summed E-state index contributed by atoms with van der Waals surface area (Å²) < 4.78 is 5.26. The van der Waals surface area contributed by atoms with E-state index in [1.165, 1.54) is 11.1 Å². The zero-order valence-electron chi connectivity index (χ0n) is 10.9. The van der Waals surface area contributed by atoms with Gasteiger partial charge in [0.25, 0.3) is 0 Å². The van der Waals surface area contributed by atoms with Gasteiger partial charge in [-0.15, -0.1) is 0 Å². The molecule has 0 unspecified atom stereocenters. The van der Waals surface area contributed by atoms with E-state index in [9.17, 15) is 0 Å². The number of hydrogen-bond acceptors (Lipinski definition) is 2. The summed E-state index contributed by atoms with van der Waals surface area (Å²) in [5.41, 5.74) is 3.54. The van der Waals surface area contributed by atoms with Crippen LogP contribution in [0.5, 0.6) is 5.75 Å². The van der Waals surface area contributed by atoms with E-state index in [0.29, 0.717) is 0 Å². The SMILES string of the molecule is CCCNc1cccc(-c2cccc(OC)c2)c1. The van der Waals surface area contributed by atoms with Crippen LogP contribution in [0.15, 0.2) is 48.5 Å². The lowest BCUT2D eigenvalue weighted by atomic mass is 10.0. The molecule has 94 valence electrons. The Hall–Kier alpha value is -1.96. The molecule has 0 atom stereocenters. The Morgan fingerprint density at radius 3 is 2.44 bits per heavy atom. The van der Waals surface area contributed by atoms with E-state index in [1.807, 2.05) is 12.1 Å². The van der Waals surface area contributed by atoms with Crippen LogP contribution in [0.3, 0.4) is 0 Å². The first kappa shape index (κ1) is 12.5. The lowest BCUT2D eigenvalue weighted by Gasteiger charge is -2.08. The lowest BCUT2D eigenvalue weighted by Crippen LogP contribution is -1.99. The smallest absolute Gasteiger partial charge is 0.119 e. The maximum Gasteiger partial charge on any atom is 0.119 e. The summed E-state index contributed by atoms with van der Waals surface area (Å²) in [6.07, 6.45) is 1.13. The van der Waals surface area contributed by atoms with Crippen molar-refractivity contribution in [3.05, 3.63) is 48.5 Å². The monoisotopic (exact) mass is 241 g/mol. The molecule has 0 saturated carbocycles. The van der Waals surface area contributed by atoms with Gasteiger partial charge in [0.2, 0.25) is 0 Å². The molecule has 0 bridgehead atoms. The Balaban J connectivity index is 2.26. The number of nitrogens with one attached hydrogen (secondary N) is 1. The molecule has 0 heterocycles. The van der Waals surface area contributed by atoms with Crippen LogP contribution in [0.4, 0.5) is 5.69 Å². The second-order valence-electron chi connectivity index (χ2n) is 4.24. The quantitative estimate of drug-likeness (QED) is 0.847. The highest BCUT2D eigenvalue weighted by Gasteiger charge is 2.00. The van der Waals surface area contributed by atoms with Crippen molar-refractivity contribution in [2.45, 2.75) is 13.3 Å². The van der Waals surface area contributed by atoms with Gasteiger partial charge in [-0.25, -0.2) is 0 Å². The zero-order chi connectivity index (χ0) is 12.8. The van der Waals surface area contributed by atoms with Gasteiger partial charge in [-0.1, -0.05) is 31.2 Å². The molecule has 0 aliphatic heterocycles. The van der Waals surface area contributed by atoms with E-state index in [4.69, 9.17) is 4.74 Å². The third kappa shape index (κ3) is 3.04. The summed E-state index contributed by atoms with van der Waals surface area (Å²) in [5, 5.41) is 3.40. The van der Waals surface area contributed by atoms with E-state index in [0.717, 1.165) is 24.4 Å². The molecule has 2 aromatic carbocycles. The van der Waals surface area contributed by atoms with Gasteiger partial charge in [0, 0.05) is 12.2 Å².